The van der Waals surface area contributed by atoms with Gasteiger partial charge in [-0.25, -0.2) is 0 Å². The molecule has 0 amide bonds. The first-order valence-electron chi connectivity index (χ1n) is 7.39. The minimum Gasteiger partial charge on any atom is -0.367 e. The Kier molecular flexibility index (Phi) is 3.70. The van der Waals surface area contributed by atoms with Gasteiger partial charge in [0.2, 0.25) is 0 Å². The second kappa shape index (κ2) is 5.63. The molecule has 0 aromatic heterocycles. The molecule has 3 nitrogen and oxygen atoms in total. The Balaban J connectivity index is 1.80. The van der Waals surface area contributed by atoms with Crippen LogP contribution in [-0.4, -0.2) is 25.2 Å². The Hall–Kier alpha value is -1.53. The molecule has 3 heteroatoms. The van der Waals surface area contributed by atoms with Crippen LogP contribution in [0.2, 0.25) is 0 Å². The van der Waals surface area contributed by atoms with Crippen LogP contribution < -0.4 is 10.2 Å². The van der Waals surface area contributed by atoms with E-state index in [4.69, 9.17) is 5.26 Å². The molecule has 19 heavy (non-hydrogen) atoms. The Morgan fingerprint density at radius 2 is 1.95 bits per heavy atom. The number of benzene rings is 1. The highest BCUT2D eigenvalue weighted by molar-refractivity contribution is 5.51. The molecule has 2 heterocycles. The van der Waals surface area contributed by atoms with Crippen molar-refractivity contribution in [2.24, 2.45) is 0 Å². The Morgan fingerprint density at radius 1 is 1.11 bits per heavy atom. The first kappa shape index (κ1) is 12.5. The van der Waals surface area contributed by atoms with E-state index in [1.165, 1.54) is 44.3 Å². The maximum absolute atomic E-state index is 8.89. The predicted octanol–water partition coefficient (Wildman–Crippen LogP) is 2.67. The molecule has 3 rings (SSSR count). The summed E-state index contributed by atoms with van der Waals surface area (Å²) in [6, 6.07) is 11.5. The van der Waals surface area contributed by atoms with Gasteiger partial charge < -0.3 is 10.2 Å². The smallest absolute Gasteiger partial charge is 0.0991 e. The Morgan fingerprint density at radius 3 is 2.63 bits per heavy atom. The summed E-state index contributed by atoms with van der Waals surface area (Å²) in [4.78, 5) is 2.55. The number of rotatable bonds is 2. The largest absolute Gasteiger partial charge is 0.367 e. The van der Waals surface area contributed by atoms with E-state index in [0.717, 1.165) is 12.1 Å². The van der Waals surface area contributed by atoms with Gasteiger partial charge in [0.05, 0.1) is 11.6 Å². The Labute approximate surface area is 115 Å². The lowest BCUT2D eigenvalue weighted by Crippen LogP contribution is -2.50. The first-order valence-corrected chi connectivity index (χ1v) is 7.39. The molecule has 2 saturated heterocycles. The van der Waals surface area contributed by atoms with E-state index in [0.29, 0.717) is 12.1 Å². The summed E-state index contributed by atoms with van der Waals surface area (Å²) in [5.41, 5.74) is 2.02. The number of hydrogen-bond donors (Lipinski definition) is 1. The molecule has 100 valence electrons. The van der Waals surface area contributed by atoms with Gasteiger partial charge >= 0.3 is 0 Å². The van der Waals surface area contributed by atoms with E-state index in [1.807, 2.05) is 12.1 Å². The van der Waals surface area contributed by atoms with Crippen LogP contribution in [0.25, 0.3) is 0 Å². The zero-order chi connectivity index (χ0) is 13.1. The third-order valence-corrected chi connectivity index (χ3v) is 4.44. The lowest BCUT2D eigenvalue weighted by Gasteiger charge is -2.41. The van der Waals surface area contributed by atoms with Crippen LogP contribution >= 0.6 is 0 Å². The van der Waals surface area contributed by atoms with Crippen molar-refractivity contribution in [2.75, 3.05) is 18.0 Å². The molecular formula is C16H21N3. The van der Waals surface area contributed by atoms with E-state index < -0.39 is 0 Å². The highest BCUT2D eigenvalue weighted by Gasteiger charge is 2.31. The number of anilines is 1. The Bertz CT molecular complexity index is 454. The van der Waals surface area contributed by atoms with Crippen molar-refractivity contribution in [2.45, 2.75) is 44.2 Å². The molecule has 0 saturated carbocycles. The summed E-state index contributed by atoms with van der Waals surface area (Å²) >= 11 is 0. The van der Waals surface area contributed by atoms with E-state index in [9.17, 15) is 0 Å². The molecule has 2 atom stereocenters. The quantitative estimate of drug-likeness (QED) is 0.883. The van der Waals surface area contributed by atoms with Gasteiger partial charge in [-0.1, -0.05) is 0 Å². The topological polar surface area (TPSA) is 39.1 Å². The molecule has 2 aliphatic rings. The lowest BCUT2D eigenvalue weighted by atomic mass is 9.94. The zero-order valence-electron chi connectivity index (χ0n) is 11.3. The predicted molar refractivity (Wildman–Crippen MR) is 77.2 cm³/mol. The second-order valence-corrected chi connectivity index (χ2v) is 5.62. The highest BCUT2D eigenvalue weighted by atomic mass is 15.2. The SMILES string of the molecule is N#Cc1ccc(N2CCCCC2C2CCCN2)cc1. The van der Waals surface area contributed by atoms with Crippen molar-refractivity contribution in [3.8, 4) is 6.07 Å². The van der Waals surface area contributed by atoms with Crippen LogP contribution in [-0.2, 0) is 0 Å². The van der Waals surface area contributed by atoms with Crippen LogP contribution in [0.3, 0.4) is 0 Å². The highest BCUT2D eigenvalue weighted by Crippen LogP contribution is 2.29. The molecular weight excluding hydrogens is 234 g/mol. The molecule has 1 aromatic rings. The van der Waals surface area contributed by atoms with Crippen molar-refractivity contribution in [1.29, 1.82) is 5.26 Å². The van der Waals surface area contributed by atoms with Crippen LogP contribution in [0, 0.1) is 11.3 Å². The summed E-state index contributed by atoms with van der Waals surface area (Å²) in [6.07, 6.45) is 6.52. The van der Waals surface area contributed by atoms with Gasteiger partial charge in [0.25, 0.3) is 0 Å². The van der Waals surface area contributed by atoms with Gasteiger partial charge in [-0.05, 0) is 62.9 Å². The number of nitrogens with one attached hydrogen (secondary N) is 1. The molecule has 2 fully saturated rings. The van der Waals surface area contributed by atoms with Gasteiger partial charge in [-0.3, -0.25) is 0 Å². The van der Waals surface area contributed by atoms with Crippen LogP contribution in [0.5, 0.6) is 0 Å². The molecule has 0 radical (unpaired) electrons. The molecule has 0 aliphatic carbocycles. The van der Waals surface area contributed by atoms with Gasteiger partial charge in [-0.15, -0.1) is 0 Å². The van der Waals surface area contributed by atoms with Crippen LogP contribution in [0.4, 0.5) is 5.69 Å². The van der Waals surface area contributed by atoms with Gasteiger partial charge in [-0.2, -0.15) is 5.26 Å². The van der Waals surface area contributed by atoms with Crippen LogP contribution in [0.1, 0.15) is 37.7 Å². The van der Waals surface area contributed by atoms with Crippen LogP contribution in [0.15, 0.2) is 24.3 Å². The molecule has 2 aliphatic heterocycles. The van der Waals surface area contributed by atoms with Crippen molar-refractivity contribution in [3.63, 3.8) is 0 Å². The lowest BCUT2D eigenvalue weighted by molar-refractivity contribution is 0.378. The monoisotopic (exact) mass is 255 g/mol. The van der Waals surface area contributed by atoms with Gasteiger partial charge in [0.15, 0.2) is 0 Å². The number of hydrogen-bond acceptors (Lipinski definition) is 3. The van der Waals surface area contributed by atoms with Crippen molar-refractivity contribution < 1.29 is 0 Å². The van der Waals surface area contributed by atoms with Gasteiger partial charge in [0, 0.05) is 24.3 Å². The summed E-state index contributed by atoms with van der Waals surface area (Å²) in [6.45, 7) is 2.32. The minimum absolute atomic E-state index is 0.629. The third-order valence-electron chi connectivity index (χ3n) is 4.44. The molecule has 2 unspecified atom stereocenters. The van der Waals surface area contributed by atoms with Crippen molar-refractivity contribution in [3.05, 3.63) is 29.8 Å². The fourth-order valence-corrected chi connectivity index (χ4v) is 3.46. The average molecular weight is 255 g/mol. The molecule has 0 bridgehead atoms. The van der Waals surface area contributed by atoms with Crippen molar-refractivity contribution >= 4 is 5.69 Å². The van der Waals surface area contributed by atoms with Gasteiger partial charge in [0.1, 0.15) is 0 Å². The fraction of sp³-hybridized carbons (Fsp3) is 0.562. The minimum atomic E-state index is 0.629. The fourth-order valence-electron chi connectivity index (χ4n) is 3.46. The van der Waals surface area contributed by atoms with Crippen molar-refractivity contribution in [1.82, 2.24) is 5.32 Å². The first-order chi connectivity index (χ1) is 9.38. The molecule has 0 spiro atoms. The molecule has 1 aromatic carbocycles. The summed E-state index contributed by atoms with van der Waals surface area (Å²) in [5.74, 6) is 0. The maximum atomic E-state index is 8.89. The second-order valence-electron chi connectivity index (χ2n) is 5.62. The normalized spacial score (nSPS) is 27.2. The van der Waals surface area contributed by atoms with E-state index in [1.54, 1.807) is 0 Å². The number of nitriles is 1. The summed E-state index contributed by atoms with van der Waals surface area (Å²) < 4.78 is 0. The average Bonchev–Trinajstić information content (AvgIpc) is 3.01. The van der Waals surface area contributed by atoms with E-state index >= 15 is 0 Å². The third kappa shape index (κ3) is 2.59. The molecule has 1 N–H and O–H groups in total. The van der Waals surface area contributed by atoms with E-state index in [2.05, 4.69) is 28.4 Å². The summed E-state index contributed by atoms with van der Waals surface area (Å²) in [7, 11) is 0. The zero-order valence-corrected chi connectivity index (χ0v) is 11.3. The standard InChI is InChI=1S/C16H21N3/c17-12-13-6-8-14(9-7-13)19-11-2-1-5-16(19)15-4-3-10-18-15/h6-9,15-16,18H,1-5,10-11H2. The van der Waals surface area contributed by atoms with E-state index in [-0.39, 0.29) is 0 Å². The number of nitrogens with zero attached hydrogens (tertiary/aromatic N) is 2. The summed E-state index contributed by atoms with van der Waals surface area (Å²) in [5, 5.41) is 12.5. The maximum Gasteiger partial charge on any atom is 0.0991 e. The number of piperidine rings is 1.